The lowest BCUT2D eigenvalue weighted by Gasteiger charge is -2.32. The summed E-state index contributed by atoms with van der Waals surface area (Å²) in [6, 6.07) is 14.9. The molecule has 3 rings (SSSR count). The molecule has 0 spiro atoms. The van der Waals surface area contributed by atoms with E-state index < -0.39 is 0 Å². The number of ether oxygens (including phenoxy) is 2. The first-order chi connectivity index (χ1) is 12.7. The van der Waals surface area contributed by atoms with Crippen molar-refractivity contribution in [3.63, 3.8) is 0 Å². The minimum absolute atomic E-state index is 0.358. The van der Waals surface area contributed by atoms with Crippen LogP contribution in [0.5, 0.6) is 5.75 Å². The van der Waals surface area contributed by atoms with Gasteiger partial charge in [0.1, 0.15) is 12.4 Å². The second-order valence-corrected chi connectivity index (χ2v) is 7.64. The Morgan fingerprint density at radius 2 is 1.63 bits per heavy atom. The maximum atomic E-state index is 11.6. The molecule has 0 N–H and O–H groups in total. The van der Waals surface area contributed by atoms with Crippen LogP contribution >= 0.6 is 0 Å². The van der Waals surface area contributed by atoms with Crippen molar-refractivity contribution >= 4 is 18.6 Å². The number of carbonyl (C=O) groups is 1. The standard InChI is InChI=1S/C21H25BO5/c1-20(2)21(3,4)27-22(26-20)17-9-11-18(12-10-17)25-14-15-7-6-8-16(13-15)19(23)24-5/h6-13H,14H2,1-5H3. The second kappa shape index (κ2) is 7.37. The van der Waals surface area contributed by atoms with Gasteiger partial charge in [0, 0.05) is 0 Å². The maximum Gasteiger partial charge on any atom is 0.494 e. The molecule has 1 fully saturated rings. The van der Waals surface area contributed by atoms with Gasteiger partial charge in [-0.25, -0.2) is 4.79 Å². The Morgan fingerprint density at radius 3 is 2.22 bits per heavy atom. The summed E-state index contributed by atoms with van der Waals surface area (Å²) < 4.78 is 22.7. The fraction of sp³-hybridized carbons (Fsp3) is 0.381. The number of rotatable bonds is 5. The third kappa shape index (κ3) is 4.17. The Hall–Kier alpha value is -2.31. The molecule has 142 valence electrons. The Labute approximate surface area is 160 Å². The van der Waals surface area contributed by atoms with Crippen LogP contribution in [0, 0.1) is 0 Å². The fourth-order valence-electron chi connectivity index (χ4n) is 2.77. The number of hydrogen-bond donors (Lipinski definition) is 0. The number of carbonyl (C=O) groups excluding carboxylic acids is 1. The van der Waals surface area contributed by atoms with Crippen molar-refractivity contribution in [2.24, 2.45) is 0 Å². The second-order valence-electron chi connectivity index (χ2n) is 7.64. The summed E-state index contributed by atoms with van der Waals surface area (Å²) in [5.41, 5.74) is 1.63. The minimum atomic E-state index is -0.388. The molecule has 27 heavy (non-hydrogen) atoms. The molecule has 5 nitrogen and oxygen atoms in total. The van der Waals surface area contributed by atoms with E-state index in [1.54, 1.807) is 12.1 Å². The molecule has 6 heteroatoms. The summed E-state index contributed by atoms with van der Waals surface area (Å²) >= 11 is 0. The summed E-state index contributed by atoms with van der Waals surface area (Å²) in [5, 5.41) is 0. The van der Waals surface area contributed by atoms with Crippen molar-refractivity contribution < 1.29 is 23.6 Å². The van der Waals surface area contributed by atoms with Crippen molar-refractivity contribution in [2.75, 3.05) is 7.11 Å². The average Bonchev–Trinajstić information content (AvgIpc) is 2.87. The van der Waals surface area contributed by atoms with Crippen LogP contribution < -0.4 is 10.2 Å². The number of methoxy groups -OCH3 is 1. The van der Waals surface area contributed by atoms with Crippen LogP contribution in [0.3, 0.4) is 0 Å². The van der Waals surface area contributed by atoms with E-state index in [2.05, 4.69) is 0 Å². The highest BCUT2D eigenvalue weighted by Crippen LogP contribution is 2.36. The van der Waals surface area contributed by atoms with Gasteiger partial charge in [-0.15, -0.1) is 0 Å². The van der Waals surface area contributed by atoms with Gasteiger partial charge in [0.15, 0.2) is 0 Å². The van der Waals surface area contributed by atoms with E-state index >= 15 is 0 Å². The number of benzene rings is 2. The van der Waals surface area contributed by atoms with Gasteiger partial charge < -0.3 is 18.8 Å². The molecular weight excluding hydrogens is 343 g/mol. The molecule has 0 aliphatic carbocycles. The molecule has 0 aromatic heterocycles. The van der Waals surface area contributed by atoms with Crippen LogP contribution in [-0.2, 0) is 20.7 Å². The first-order valence-electron chi connectivity index (χ1n) is 8.97. The molecule has 2 aromatic rings. The van der Waals surface area contributed by atoms with Crippen molar-refractivity contribution in [3.05, 3.63) is 59.7 Å². The van der Waals surface area contributed by atoms with Crippen LogP contribution in [-0.4, -0.2) is 31.4 Å². The molecule has 1 heterocycles. The first kappa shape index (κ1) is 19.5. The highest BCUT2D eigenvalue weighted by atomic mass is 16.7. The molecule has 0 atom stereocenters. The third-order valence-electron chi connectivity index (χ3n) is 5.16. The summed E-state index contributed by atoms with van der Waals surface area (Å²) in [7, 11) is 0.980. The Balaban J connectivity index is 1.63. The lowest BCUT2D eigenvalue weighted by Crippen LogP contribution is -2.41. The van der Waals surface area contributed by atoms with Gasteiger partial charge in [-0.3, -0.25) is 0 Å². The van der Waals surface area contributed by atoms with Crippen LogP contribution in [0.15, 0.2) is 48.5 Å². The lowest BCUT2D eigenvalue weighted by atomic mass is 9.79. The maximum absolute atomic E-state index is 11.6. The first-order valence-corrected chi connectivity index (χ1v) is 8.97. The van der Waals surface area contributed by atoms with Crippen LogP contribution in [0.1, 0.15) is 43.6 Å². The molecule has 0 saturated carbocycles. The van der Waals surface area contributed by atoms with Gasteiger partial charge in [0.2, 0.25) is 0 Å². The topological polar surface area (TPSA) is 54.0 Å². The molecular formula is C21H25BO5. The zero-order chi connectivity index (χ0) is 19.7. The van der Waals surface area contributed by atoms with Crippen LogP contribution in [0.25, 0.3) is 0 Å². The van der Waals surface area contributed by atoms with Gasteiger partial charge in [0.25, 0.3) is 0 Å². The van der Waals surface area contributed by atoms with Gasteiger partial charge in [-0.1, -0.05) is 24.3 Å². The fourth-order valence-corrected chi connectivity index (χ4v) is 2.77. The van der Waals surface area contributed by atoms with E-state index in [1.165, 1.54) is 7.11 Å². The minimum Gasteiger partial charge on any atom is -0.489 e. The van der Waals surface area contributed by atoms with E-state index in [4.69, 9.17) is 18.8 Å². The normalized spacial score (nSPS) is 17.6. The Bertz CT molecular complexity index is 798. The molecule has 0 unspecified atom stereocenters. The van der Waals surface area contributed by atoms with Gasteiger partial charge >= 0.3 is 13.1 Å². The molecule has 0 radical (unpaired) electrons. The summed E-state index contributed by atoms with van der Waals surface area (Å²) in [6.45, 7) is 8.50. The van der Waals surface area contributed by atoms with Crippen LogP contribution in [0.4, 0.5) is 0 Å². The summed E-state index contributed by atoms with van der Waals surface area (Å²) in [5.74, 6) is 0.377. The molecule has 1 aliphatic rings. The lowest BCUT2D eigenvalue weighted by molar-refractivity contribution is 0.00578. The molecule has 2 aromatic carbocycles. The quantitative estimate of drug-likeness (QED) is 0.599. The highest BCUT2D eigenvalue weighted by molar-refractivity contribution is 6.62. The SMILES string of the molecule is COC(=O)c1cccc(COc2ccc(B3OC(C)(C)C(C)(C)O3)cc2)c1. The molecule has 1 aliphatic heterocycles. The molecule has 1 saturated heterocycles. The molecule has 0 bridgehead atoms. The molecule has 0 amide bonds. The van der Waals surface area contributed by atoms with Crippen molar-refractivity contribution in [2.45, 2.75) is 45.5 Å². The van der Waals surface area contributed by atoms with Crippen molar-refractivity contribution in [1.82, 2.24) is 0 Å². The van der Waals surface area contributed by atoms with Crippen molar-refractivity contribution in [1.29, 1.82) is 0 Å². The van der Waals surface area contributed by atoms with Gasteiger partial charge in [-0.05, 0) is 63.0 Å². The predicted octanol–water partition coefficient (Wildman–Crippen LogP) is 3.35. The Kier molecular flexibility index (Phi) is 5.31. The van der Waals surface area contributed by atoms with Gasteiger partial charge in [0.05, 0.1) is 23.9 Å². The average molecular weight is 368 g/mol. The number of esters is 1. The smallest absolute Gasteiger partial charge is 0.489 e. The van der Waals surface area contributed by atoms with Gasteiger partial charge in [-0.2, -0.15) is 0 Å². The monoisotopic (exact) mass is 368 g/mol. The highest BCUT2D eigenvalue weighted by Gasteiger charge is 2.51. The van der Waals surface area contributed by atoms with E-state index in [0.717, 1.165) is 16.8 Å². The number of hydrogen-bond acceptors (Lipinski definition) is 5. The third-order valence-corrected chi connectivity index (χ3v) is 5.16. The van der Waals surface area contributed by atoms with E-state index in [0.29, 0.717) is 12.2 Å². The van der Waals surface area contributed by atoms with Crippen LogP contribution in [0.2, 0.25) is 0 Å². The zero-order valence-corrected chi connectivity index (χ0v) is 16.4. The van der Waals surface area contributed by atoms with E-state index in [1.807, 2.05) is 64.1 Å². The Morgan fingerprint density at radius 1 is 1.00 bits per heavy atom. The summed E-state index contributed by atoms with van der Waals surface area (Å²) in [4.78, 5) is 11.6. The predicted molar refractivity (Wildman–Crippen MR) is 104 cm³/mol. The largest absolute Gasteiger partial charge is 0.494 e. The van der Waals surface area contributed by atoms with E-state index in [9.17, 15) is 4.79 Å². The van der Waals surface area contributed by atoms with Crippen molar-refractivity contribution in [3.8, 4) is 5.75 Å². The van der Waals surface area contributed by atoms with E-state index in [-0.39, 0.29) is 24.3 Å². The summed E-state index contributed by atoms with van der Waals surface area (Å²) in [6.07, 6.45) is 0. The zero-order valence-electron chi connectivity index (χ0n) is 16.4.